The Morgan fingerprint density at radius 1 is 1.75 bits per heavy atom. The molecule has 2 heteroatoms. The first-order valence-electron chi connectivity index (χ1n) is 3.02. The van der Waals surface area contributed by atoms with Crippen molar-refractivity contribution in [2.24, 2.45) is 5.92 Å². The molecule has 1 rings (SSSR count). The van der Waals surface area contributed by atoms with Gasteiger partial charge in [-0.25, -0.2) is 0 Å². The van der Waals surface area contributed by atoms with Crippen LogP contribution < -0.4 is 0 Å². The Hall–Kier alpha value is 0.250. The Balaban J connectivity index is 1.89. The highest BCUT2D eigenvalue weighted by Gasteiger charge is 2.33. The van der Waals surface area contributed by atoms with Crippen LogP contribution in [0.3, 0.4) is 0 Å². The van der Waals surface area contributed by atoms with E-state index >= 15 is 0 Å². The van der Waals surface area contributed by atoms with Gasteiger partial charge in [-0.1, -0.05) is 6.92 Å². The van der Waals surface area contributed by atoms with Crippen LogP contribution >= 0.6 is 11.6 Å². The van der Waals surface area contributed by atoms with Crippen LogP contribution in [0.2, 0.25) is 0 Å². The summed E-state index contributed by atoms with van der Waals surface area (Å²) in [6.45, 7) is 2.91. The molecule has 2 atom stereocenters. The second kappa shape index (κ2) is 2.70. The van der Waals surface area contributed by atoms with Gasteiger partial charge in [0, 0.05) is 5.88 Å². The molecule has 0 saturated heterocycles. The van der Waals surface area contributed by atoms with E-state index in [4.69, 9.17) is 16.3 Å². The normalized spacial score (nSPS) is 35.2. The van der Waals surface area contributed by atoms with Gasteiger partial charge in [0.1, 0.15) is 0 Å². The Morgan fingerprint density at radius 3 is 2.75 bits per heavy atom. The molecule has 0 spiro atoms. The van der Waals surface area contributed by atoms with E-state index in [9.17, 15) is 0 Å². The van der Waals surface area contributed by atoms with Gasteiger partial charge in [-0.3, -0.25) is 0 Å². The molecule has 0 N–H and O–H groups in total. The van der Waals surface area contributed by atoms with Crippen LogP contribution in [0.15, 0.2) is 0 Å². The summed E-state index contributed by atoms with van der Waals surface area (Å²) in [6.07, 6.45) is 1.77. The van der Waals surface area contributed by atoms with E-state index in [-0.39, 0.29) is 0 Å². The second-order valence-corrected chi connectivity index (χ2v) is 2.69. The summed E-state index contributed by atoms with van der Waals surface area (Å²) in [6, 6.07) is 0. The van der Waals surface area contributed by atoms with Crippen molar-refractivity contribution in [3.8, 4) is 0 Å². The highest BCUT2D eigenvalue weighted by molar-refractivity contribution is 6.17. The lowest BCUT2D eigenvalue weighted by molar-refractivity contribution is 0.125. The van der Waals surface area contributed by atoms with Crippen LogP contribution in [-0.4, -0.2) is 18.6 Å². The molecule has 0 aromatic rings. The molecule has 1 aliphatic rings. The molecular formula is C6H11ClO. The van der Waals surface area contributed by atoms with Gasteiger partial charge in [0.25, 0.3) is 0 Å². The number of halogens is 1. The molecule has 8 heavy (non-hydrogen) atoms. The van der Waals surface area contributed by atoms with Crippen molar-refractivity contribution in [2.75, 3.05) is 12.5 Å². The van der Waals surface area contributed by atoms with Crippen molar-refractivity contribution in [3.05, 3.63) is 0 Å². The van der Waals surface area contributed by atoms with Gasteiger partial charge < -0.3 is 4.74 Å². The van der Waals surface area contributed by atoms with E-state index in [2.05, 4.69) is 6.92 Å². The second-order valence-electron chi connectivity index (χ2n) is 2.31. The van der Waals surface area contributed by atoms with Crippen molar-refractivity contribution in [3.63, 3.8) is 0 Å². The molecule has 0 unspecified atom stereocenters. The van der Waals surface area contributed by atoms with Crippen LogP contribution in [0, 0.1) is 5.92 Å². The SMILES string of the molecule is C[C@H]1C[C@H]1OCCCl. The number of hydrogen-bond acceptors (Lipinski definition) is 1. The zero-order valence-electron chi connectivity index (χ0n) is 5.06. The third-order valence-electron chi connectivity index (χ3n) is 1.44. The highest BCUT2D eigenvalue weighted by Crippen LogP contribution is 2.32. The van der Waals surface area contributed by atoms with E-state index in [0.717, 1.165) is 12.5 Å². The maximum Gasteiger partial charge on any atom is 0.0605 e. The molecule has 1 fully saturated rings. The predicted molar refractivity (Wildman–Crippen MR) is 34.2 cm³/mol. The zero-order valence-corrected chi connectivity index (χ0v) is 5.82. The van der Waals surface area contributed by atoms with Crippen LogP contribution in [0.1, 0.15) is 13.3 Å². The van der Waals surface area contributed by atoms with Crippen LogP contribution in [0.4, 0.5) is 0 Å². The number of ether oxygens (including phenoxy) is 1. The summed E-state index contributed by atoms with van der Waals surface area (Å²) in [4.78, 5) is 0. The molecular weight excluding hydrogens is 124 g/mol. The Morgan fingerprint density at radius 2 is 2.38 bits per heavy atom. The summed E-state index contributed by atoms with van der Waals surface area (Å²) >= 11 is 5.40. The fraction of sp³-hybridized carbons (Fsp3) is 1.00. The summed E-state index contributed by atoms with van der Waals surface area (Å²) in [5, 5.41) is 0. The van der Waals surface area contributed by atoms with Crippen molar-refractivity contribution in [1.82, 2.24) is 0 Å². The summed E-state index contributed by atoms with van der Waals surface area (Å²) in [5.41, 5.74) is 0. The van der Waals surface area contributed by atoms with Crippen molar-refractivity contribution >= 4 is 11.6 Å². The monoisotopic (exact) mass is 134 g/mol. The predicted octanol–water partition coefficient (Wildman–Crippen LogP) is 1.65. The first-order chi connectivity index (χ1) is 3.84. The molecule has 1 aliphatic carbocycles. The minimum atomic E-state index is 0.536. The average molecular weight is 135 g/mol. The lowest BCUT2D eigenvalue weighted by Crippen LogP contribution is -1.98. The zero-order chi connectivity index (χ0) is 5.98. The van der Waals surface area contributed by atoms with E-state index in [1.165, 1.54) is 6.42 Å². The van der Waals surface area contributed by atoms with Crippen LogP contribution in [0.5, 0.6) is 0 Å². The standard InChI is InChI=1S/C6H11ClO/c1-5-4-6(5)8-3-2-7/h5-6H,2-4H2,1H3/t5-,6+/m0/s1. The molecule has 0 amide bonds. The number of rotatable bonds is 3. The molecule has 48 valence electrons. The Bertz CT molecular complexity index is 74.9. The van der Waals surface area contributed by atoms with Crippen LogP contribution in [-0.2, 0) is 4.74 Å². The van der Waals surface area contributed by atoms with Gasteiger partial charge in [-0.15, -0.1) is 11.6 Å². The van der Waals surface area contributed by atoms with Crippen molar-refractivity contribution in [1.29, 1.82) is 0 Å². The van der Waals surface area contributed by atoms with Crippen LogP contribution in [0.25, 0.3) is 0 Å². The molecule has 0 bridgehead atoms. The number of alkyl halides is 1. The third-order valence-corrected chi connectivity index (χ3v) is 1.60. The van der Waals surface area contributed by atoms with Gasteiger partial charge in [0.15, 0.2) is 0 Å². The lowest BCUT2D eigenvalue weighted by Gasteiger charge is -1.95. The molecule has 0 heterocycles. The quantitative estimate of drug-likeness (QED) is 0.534. The molecule has 0 aromatic carbocycles. The van der Waals surface area contributed by atoms with E-state index in [1.54, 1.807) is 0 Å². The Labute approximate surface area is 55.0 Å². The summed E-state index contributed by atoms with van der Waals surface area (Å²) in [5.74, 6) is 1.42. The highest BCUT2D eigenvalue weighted by atomic mass is 35.5. The van der Waals surface area contributed by atoms with E-state index in [1.807, 2.05) is 0 Å². The lowest BCUT2D eigenvalue weighted by atomic mass is 10.5. The fourth-order valence-corrected chi connectivity index (χ4v) is 0.805. The van der Waals surface area contributed by atoms with E-state index in [0.29, 0.717) is 12.0 Å². The fourth-order valence-electron chi connectivity index (χ4n) is 0.716. The molecule has 0 radical (unpaired) electrons. The summed E-state index contributed by atoms with van der Waals surface area (Å²) < 4.78 is 5.28. The van der Waals surface area contributed by atoms with Crippen molar-refractivity contribution < 1.29 is 4.74 Å². The maximum atomic E-state index is 5.40. The minimum Gasteiger partial charge on any atom is -0.377 e. The topological polar surface area (TPSA) is 9.23 Å². The van der Waals surface area contributed by atoms with Gasteiger partial charge >= 0.3 is 0 Å². The van der Waals surface area contributed by atoms with Crippen molar-refractivity contribution in [2.45, 2.75) is 19.4 Å². The summed E-state index contributed by atoms with van der Waals surface area (Å²) in [7, 11) is 0. The van der Waals surface area contributed by atoms with E-state index < -0.39 is 0 Å². The molecule has 1 nitrogen and oxygen atoms in total. The van der Waals surface area contributed by atoms with Gasteiger partial charge in [0.05, 0.1) is 12.7 Å². The largest absolute Gasteiger partial charge is 0.377 e. The number of hydrogen-bond donors (Lipinski definition) is 0. The first-order valence-corrected chi connectivity index (χ1v) is 3.55. The third kappa shape index (κ3) is 1.64. The maximum absolute atomic E-state index is 5.40. The van der Waals surface area contributed by atoms with Gasteiger partial charge in [0.2, 0.25) is 0 Å². The molecule has 0 aromatic heterocycles. The molecule has 0 aliphatic heterocycles. The van der Waals surface area contributed by atoms with Gasteiger partial charge in [-0.2, -0.15) is 0 Å². The first kappa shape index (κ1) is 6.37. The minimum absolute atomic E-state index is 0.536. The van der Waals surface area contributed by atoms with Gasteiger partial charge in [-0.05, 0) is 12.3 Å². The average Bonchev–Trinajstić information content (AvgIpc) is 2.42. The molecule has 1 saturated carbocycles. The Kier molecular flexibility index (Phi) is 2.15. The smallest absolute Gasteiger partial charge is 0.0605 e.